The Bertz CT molecular complexity index is 270. The summed E-state index contributed by atoms with van der Waals surface area (Å²) in [5.41, 5.74) is 1.06. The molecule has 0 aliphatic heterocycles. The Hall–Kier alpha value is -0.990. The van der Waals surface area contributed by atoms with E-state index in [1.165, 1.54) is 19.3 Å². The minimum absolute atomic E-state index is 0.113. The zero-order valence-corrected chi connectivity index (χ0v) is 10.3. The summed E-state index contributed by atoms with van der Waals surface area (Å²) in [6.07, 6.45) is 4.88. The van der Waals surface area contributed by atoms with Crippen LogP contribution in [0.5, 0.6) is 0 Å². The molecule has 2 bridgehead atoms. The van der Waals surface area contributed by atoms with Gasteiger partial charge >= 0.3 is 0 Å². The Morgan fingerprint density at radius 3 is 1.94 bits per heavy atom. The zero-order chi connectivity index (χ0) is 11.7. The Balaban J connectivity index is 1.95. The lowest BCUT2D eigenvalue weighted by Crippen LogP contribution is -2.54. The van der Waals surface area contributed by atoms with Gasteiger partial charge in [0.1, 0.15) is 0 Å². The van der Waals surface area contributed by atoms with Crippen molar-refractivity contribution in [2.45, 2.75) is 51.6 Å². The lowest BCUT2D eigenvalue weighted by molar-refractivity contribution is -0.120. The molecular formula is C13H22N2O. The van der Waals surface area contributed by atoms with Gasteiger partial charge in [0.2, 0.25) is 5.91 Å². The summed E-state index contributed by atoms with van der Waals surface area (Å²) >= 11 is 0. The minimum Gasteiger partial charge on any atom is -0.386 e. The van der Waals surface area contributed by atoms with Gasteiger partial charge in [-0.25, -0.2) is 0 Å². The van der Waals surface area contributed by atoms with E-state index in [9.17, 15) is 4.79 Å². The SMILES string of the molecule is C=C(C)NC1CC2CCC1CC2NC(C)=O. The van der Waals surface area contributed by atoms with Crippen molar-refractivity contribution in [3.05, 3.63) is 12.3 Å². The number of carbonyl (C=O) groups is 1. The molecule has 2 N–H and O–H groups in total. The van der Waals surface area contributed by atoms with Crippen molar-refractivity contribution in [1.29, 1.82) is 0 Å². The standard InChI is InChI=1S/C13H22N2O/c1-8(2)14-12-6-11-5-4-10(12)7-13(11)15-9(3)16/h10-14H,1,4-7H2,2-3H3,(H,15,16). The van der Waals surface area contributed by atoms with Crippen molar-refractivity contribution in [3.8, 4) is 0 Å². The minimum atomic E-state index is 0.113. The van der Waals surface area contributed by atoms with Crippen LogP contribution < -0.4 is 10.6 Å². The molecule has 0 aromatic carbocycles. The van der Waals surface area contributed by atoms with Gasteiger partial charge in [-0.1, -0.05) is 6.58 Å². The Morgan fingerprint density at radius 1 is 1.06 bits per heavy atom. The number of allylic oxidation sites excluding steroid dienone is 1. The number of rotatable bonds is 3. The molecule has 3 nitrogen and oxygen atoms in total. The van der Waals surface area contributed by atoms with Crippen LogP contribution in [0.15, 0.2) is 12.3 Å². The largest absolute Gasteiger partial charge is 0.386 e. The predicted molar refractivity (Wildman–Crippen MR) is 64.8 cm³/mol. The maximum atomic E-state index is 11.1. The molecular weight excluding hydrogens is 200 g/mol. The average Bonchev–Trinajstić information content (AvgIpc) is 2.17. The average molecular weight is 222 g/mol. The maximum absolute atomic E-state index is 11.1. The Kier molecular flexibility index (Phi) is 3.22. The smallest absolute Gasteiger partial charge is 0.217 e. The molecule has 0 aromatic heterocycles. The fourth-order valence-corrected chi connectivity index (χ4v) is 3.36. The summed E-state index contributed by atoms with van der Waals surface area (Å²) < 4.78 is 0. The molecule has 0 heterocycles. The summed E-state index contributed by atoms with van der Waals surface area (Å²) in [7, 11) is 0. The summed E-state index contributed by atoms with van der Waals surface area (Å²) in [6, 6.07) is 1.00. The van der Waals surface area contributed by atoms with Crippen LogP contribution in [-0.2, 0) is 4.79 Å². The van der Waals surface area contributed by atoms with E-state index < -0.39 is 0 Å². The van der Waals surface area contributed by atoms with Gasteiger partial charge in [-0.05, 0) is 44.4 Å². The van der Waals surface area contributed by atoms with Gasteiger partial charge in [0.05, 0.1) is 0 Å². The highest BCUT2D eigenvalue weighted by atomic mass is 16.1. The second-order valence-electron chi connectivity index (χ2n) is 5.41. The van der Waals surface area contributed by atoms with Crippen molar-refractivity contribution < 1.29 is 4.79 Å². The number of nitrogens with one attached hydrogen (secondary N) is 2. The monoisotopic (exact) mass is 222 g/mol. The van der Waals surface area contributed by atoms with Gasteiger partial charge in [0, 0.05) is 24.7 Å². The highest BCUT2D eigenvalue weighted by Gasteiger charge is 2.41. The van der Waals surface area contributed by atoms with E-state index >= 15 is 0 Å². The first kappa shape index (κ1) is 11.5. The molecule has 3 saturated carbocycles. The first-order valence-corrected chi connectivity index (χ1v) is 6.25. The molecule has 3 fully saturated rings. The lowest BCUT2D eigenvalue weighted by atomic mass is 9.65. The van der Waals surface area contributed by atoms with Crippen molar-refractivity contribution >= 4 is 5.91 Å². The van der Waals surface area contributed by atoms with Gasteiger partial charge < -0.3 is 10.6 Å². The van der Waals surface area contributed by atoms with E-state index in [1.54, 1.807) is 6.92 Å². The molecule has 3 heteroatoms. The quantitative estimate of drug-likeness (QED) is 0.764. The van der Waals surface area contributed by atoms with Crippen LogP contribution in [-0.4, -0.2) is 18.0 Å². The Labute approximate surface area is 97.7 Å². The summed E-state index contributed by atoms with van der Waals surface area (Å²) in [5, 5.41) is 6.58. The molecule has 0 aromatic rings. The zero-order valence-electron chi connectivity index (χ0n) is 10.3. The van der Waals surface area contributed by atoms with Crippen molar-refractivity contribution in [2.75, 3.05) is 0 Å². The molecule has 3 aliphatic carbocycles. The third-order valence-corrected chi connectivity index (χ3v) is 3.98. The van der Waals surface area contributed by atoms with Crippen LogP contribution in [0.25, 0.3) is 0 Å². The van der Waals surface area contributed by atoms with E-state index in [2.05, 4.69) is 17.2 Å². The second-order valence-corrected chi connectivity index (χ2v) is 5.41. The van der Waals surface area contributed by atoms with Gasteiger partial charge in [-0.15, -0.1) is 0 Å². The van der Waals surface area contributed by atoms with Gasteiger partial charge in [-0.2, -0.15) is 0 Å². The number of carbonyl (C=O) groups excluding carboxylic acids is 1. The highest BCUT2D eigenvalue weighted by Crippen LogP contribution is 2.41. The molecule has 4 atom stereocenters. The molecule has 1 amide bonds. The van der Waals surface area contributed by atoms with E-state index in [4.69, 9.17) is 0 Å². The first-order valence-electron chi connectivity index (χ1n) is 6.25. The van der Waals surface area contributed by atoms with Crippen LogP contribution >= 0.6 is 0 Å². The molecule has 90 valence electrons. The first-order chi connectivity index (χ1) is 7.56. The van der Waals surface area contributed by atoms with Crippen LogP contribution in [0.1, 0.15) is 39.5 Å². The second kappa shape index (κ2) is 4.48. The topological polar surface area (TPSA) is 41.1 Å². The van der Waals surface area contributed by atoms with E-state index in [-0.39, 0.29) is 5.91 Å². The predicted octanol–water partition coefficient (Wildman–Crippen LogP) is 1.80. The van der Waals surface area contributed by atoms with Gasteiger partial charge in [0.25, 0.3) is 0 Å². The van der Waals surface area contributed by atoms with E-state index in [0.29, 0.717) is 23.9 Å². The molecule has 4 unspecified atom stereocenters. The summed E-state index contributed by atoms with van der Waals surface area (Å²) in [4.78, 5) is 11.1. The number of fused-ring (bicyclic) bond motifs is 3. The molecule has 16 heavy (non-hydrogen) atoms. The van der Waals surface area contributed by atoms with Crippen LogP contribution in [0.4, 0.5) is 0 Å². The molecule has 0 saturated heterocycles. The summed E-state index contributed by atoms with van der Waals surface area (Å²) in [6.45, 7) is 7.56. The van der Waals surface area contributed by atoms with E-state index in [1.807, 2.05) is 6.92 Å². The van der Waals surface area contributed by atoms with E-state index in [0.717, 1.165) is 12.1 Å². The van der Waals surface area contributed by atoms with Crippen LogP contribution in [0.2, 0.25) is 0 Å². The molecule has 0 radical (unpaired) electrons. The number of amides is 1. The fourth-order valence-electron chi connectivity index (χ4n) is 3.36. The third kappa shape index (κ3) is 2.39. The van der Waals surface area contributed by atoms with Gasteiger partial charge in [0.15, 0.2) is 0 Å². The normalized spacial score (nSPS) is 36.9. The highest BCUT2D eigenvalue weighted by molar-refractivity contribution is 5.73. The number of hydrogen-bond acceptors (Lipinski definition) is 2. The van der Waals surface area contributed by atoms with Crippen molar-refractivity contribution in [2.24, 2.45) is 11.8 Å². The van der Waals surface area contributed by atoms with Crippen LogP contribution in [0, 0.1) is 11.8 Å². The van der Waals surface area contributed by atoms with Crippen molar-refractivity contribution in [3.63, 3.8) is 0 Å². The number of hydrogen-bond donors (Lipinski definition) is 2. The molecule has 3 rings (SSSR count). The Morgan fingerprint density at radius 2 is 1.56 bits per heavy atom. The molecule has 3 aliphatic rings. The summed E-state index contributed by atoms with van der Waals surface area (Å²) in [5.74, 6) is 1.48. The maximum Gasteiger partial charge on any atom is 0.217 e. The molecule has 0 spiro atoms. The lowest BCUT2D eigenvalue weighted by Gasteiger charge is -2.47. The van der Waals surface area contributed by atoms with Crippen LogP contribution in [0.3, 0.4) is 0 Å². The van der Waals surface area contributed by atoms with Crippen molar-refractivity contribution in [1.82, 2.24) is 10.6 Å². The third-order valence-electron chi connectivity index (χ3n) is 3.98. The fraction of sp³-hybridized carbons (Fsp3) is 0.769. The van der Waals surface area contributed by atoms with Gasteiger partial charge in [-0.3, -0.25) is 4.79 Å².